The lowest BCUT2D eigenvalue weighted by Crippen LogP contribution is -2.50. The van der Waals surface area contributed by atoms with Crippen LogP contribution in [-0.4, -0.2) is 90.5 Å². The lowest BCUT2D eigenvalue weighted by atomic mass is 10.0. The number of aliphatic hydroxyl groups is 1. The fourth-order valence-corrected chi connectivity index (χ4v) is 4.69. The molecule has 0 bridgehead atoms. The summed E-state index contributed by atoms with van der Waals surface area (Å²) in [5, 5.41) is 24.5. The number of halogens is 5. The summed E-state index contributed by atoms with van der Waals surface area (Å²) in [7, 11) is 1.53. The first-order valence-corrected chi connectivity index (χ1v) is 12.7. The molecule has 2 aliphatic rings. The zero-order valence-corrected chi connectivity index (χ0v) is 22.2. The number of anilines is 1. The van der Waals surface area contributed by atoms with Gasteiger partial charge in [0.25, 0.3) is 11.8 Å². The molecule has 0 spiro atoms. The van der Waals surface area contributed by atoms with Gasteiger partial charge in [-0.1, -0.05) is 11.6 Å². The van der Waals surface area contributed by atoms with Crippen LogP contribution in [0.2, 0.25) is 5.02 Å². The molecule has 9 nitrogen and oxygen atoms in total. The number of nitrogens with zero attached hydrogens (tertiary/aromatic N) is 2. The summed E-state index contributed by atoms with van der Waals surface area (Å²) < 4.78 is 45.6. The third-order valence-corrected chi connectivity index (χ3v) is 6.88. The number of carbonyl (C=O) groups excluding carboxylic acids is 2. The van der Waals surface area contributed by atoms with E-state index in [1.165, 1.54) is 25.2 Å². The Morgan fingerprint density at radius 3 is 2.17 bits per heavy atom. The van der Waals surface area contributed by atoms with Gasteiger partial charge in [0.2, 0.25) is 0 Å². The number of alkyl halides is 3. The second-order valence-corrected chi connectivity index (χ2v) is 9.80. The molecule has 40 heavy (non-hydrogen) atoms. The molecule has 14 heteroatoms. The Bertz CT molecular complexity index is 1210. The fourth-order valence-electron chi connectivity index (χ4n) is 4.57. The molecular formula is C26H29ClF4N4O5. The number of nitrogens with one attached hydrogen (secondary N) is 2. The Balaban J connectivity index is 0.000000559. The molecule has 4 N–H and O–H groups in total. The second kappa shape index (κ2) is 13.3. The molecule has 4 rings (SSSR count). The normalized spacial score (nSPS) is 19.6. The molecule has 0 radical (unpaired) electrons. The van der Waals surface area contributed by atoms with Crippen LogP contribution in [-0.2, 0) is 4.79 Å². The maximum atomic E-state index is 13.9. The zero-order chi connectivity index (χ0) is 29.6. The highest BCUT2D eigenvalue weighted by Gasteiger charge is 2.38. The number of benzene rings is 2. The SMILES string of the molecule is CNC(=O)c1ccc(F)cc1N1CC(NC2CCN(C(=O)c3ccc(Cl)cc3)CC2)[C@H](O)C1.O=C(O)C(F)(F)F. The molecule has 0 aliphatic carbocycles. The summed E-state index contributed by atoms with van der Waals surface area (Å²) in [4.78, 5) is 37.5. The first-order chi connectivity index (χ1) is 18.8. The van der Waals surface area contributed by atoms with Gasteiger partial charge in [-0.25, -0.2) is 9.18 Å². The van der Waals surface area contributed by atoms with E-state index < -0.39 is 24.1 Å². The van der Waals surface area contributed by atoms with E-state index in [1.54, 1.807) is 24.3 Å². The van der Waals surface area contributed by atoms with E-state index in [1.807, 2.05) is 9.80 Å². The minimum absolute atomic E-state index is 0.00923. The number of aliphatic hydroxyl groups excluding tert-OH is 1. The summed E-state index contributed by atoms with van der Waals surface area (Å²) in [6, 6.07) is 10.9. The number of piperidine rings is 1. The van der Waals surface area contributed by atoms with Crippen molar-refractivity contribution in [2.24, 2.45) is 0 Å². The maximum absolute atomic E-state index is 13.9. The Morgan fingerprint density at radius 2 is 1.62 bits per heavy atom. The average Bonchev–Trinajstić information content (AvgIpc) is 3.28. The van der Waals surface area contributed by atoms with E-state index in [2.05, 4.69) is 10.6 Å². The van der Waals surface area contributed by atoms with Crippen LogP contribution in [0.25, 0.3) is 0 Å². The smallest absolute Gasteiger partial charge is 0.475 e. The minimum Gasteiger partial charge on any atom is -0.475 e. The summed E-state index contributed by atoms with van der Waals surface area (Å²) >= 11 is 5.91. The molecule has 2 aromatic rings. The number of carbonyl (C=O) groups is 3. The van der Waals surface area contributed by atoms with Crippen molar-refractivity contribution in [3.63, 3.8) is 0 Å². The Labute approximate surface area is 232 Å². The molecule has 2 aromatic carbocycles. The van der Waals surface area contributed by atoms with Crippen LogP contribution in [0.1, 0.15) is 33.6 Å². The number of aliphatic carboxylic acids is 1. The maximum Gasteiger partial charge on any atom is 0.490 e. The van der Waals surface area contributed by atoms with Gasteiger partial charge in [-0.3, -0.25) is 9.59 Å². The van der Waals surface area contributed by atoms with Crippen LogP contribution in [0.4, 0.5) is 23.2 Å². The van der Waals surface area contributed by atoms with Crippen LogP contribution in [0.5, 0.6) is 0 Å². The Hall–Kier alpha value is -3.42. The lowest BCUT2D eigenvalue weighted by Gasteiger charge is -2.34. The number of carboxylic acid groups (broad SMARTS) is 1. The lowest BCUT2D eigenvalue weighted by molar-refractivity contribution is -0.192. The first kappa shape index (κ1) is 31.1. The highest BCUT2D eigenvalue weighted by atomic mass is 35.5. The van der Waals surface area contributed by atoms with Crippen molar-refractivity contribution >= 4 is 35.1 Å². The van der Waals surface area contributed by atoms with Crippen molar-refractivity contribution < 1.29 is 42.2 Å². The number of rotatable bonds is 5. The van der Waals surface area contributed by atoms with Crippen molar-refractivity contribution in [2.45, 2.75) is 37.2 Å². The molecule has 0 saturated carbocycles. The van der Waals surface area contributed by atoms with Crippen molar-refractivity contribution in [2.75, 3.05) is 38.1 Å². The minimum atomic E-state index is -5.08. The van der Waals surface area contributed by atoms with Gasteiger partial charge in [0.05, 0.1) is 23.4 Å². The van der Waals surface area contributed by atoms with Crippen LogP contribution in [0.15, 0.2) is 42.5 Å². The zero-order valence-electron chi connectivity index (χ0n) is 21.4. The molecule has 2 fully saturated rings. The standard InChI is InChI=1S/C24H28ClFN4O3.C2HF3O2/c1-27-23(32)19-7-6-17(26)12-21(19)30-13-20(22(31)14-30)28-18-8-10-29(11-9-18)24(33)15-2-4-16(25)5-3-15;3-2(4,5)1(6)7/h2-7,12,18,20,22,28,31H,8-11,13-14H2,1H3,(H,27,32);(H,6,7)/t20?,22-;/m1./s1. The van der Waals surface area contributed by atoms with E-state index in [-0.39, 0.29) is 23.9 Å². The van der Waals surface area contributed by atoms with Gasteiger partial charge in [0.15, 0.2) is 0 Å². The van der Waals surface area contributed by atoms with Crippen LogP contribution in [0, 0.1) is 5.82 Å². The summed E-state index contributed by atoms with van der Waals surface area (Å²) in [5.41, 5.74) is 1.47. The van der Waals surface area contributed by atoms with E-state index in [0.29, 0.717) is 48.0 Å². The van der Waals surface area contributed by atoms with E-state index in [4.69, 9.17) is 21.5 Å². The molecule has 2 amide bonds. The average molecular weight is 589 g/mol. The number of carboxylic acids is 1. The third kappa shape index (κ3) is 8.05. The van der Waals surface area contributed by atoms with Crippen molar-refractivity contribution in [3.05, 3.63) is 64.4 Å². The third-order valence-electron chi connectivity index (χ3n) is 6.63. The Kier molecular flexibility index (Phi) is 10.3. The van der Waals surface area contributed by atoms with Gasteiger partial charge in [-0.15, -0.1) is 0 Å². The molecule has 1 unspecified atom stereocenters. The van der Waals surface area contributed by atoms with Crippen LogP contribution in [0.3, 0.4) is 0 Å². The summed E-state index contributed by atoms with van der Waals surface area (Å²) in [6.07, 6.45) is -4.20. The number of hydrogen-bond acceptors (Lipinski definition) is 6. The van der Waals surface area contributed by atoms with Gasteiger partial charge >= 0.3 is 12.1 Å². The van der Waals surface area contributed by atoms with Gasteiger partial charge in [-0.2, -0.15) is 13.2 Å². The number of likely N-dealkylation sites (tertiary alicyclic amines) is 1. The molecule has 2 aliphatic heterocycles. The van der Waals surface area contributed by atoms with E-state index in [9.17, 15) is 32.3 Å². The summed E-state index contributed by atoms with van der Waals surface area (Å²) in [5.74, 6) is -3.49. The molecule has 2 heterocycles. The molecule has 2 atom stereocenters. The summed E-state index contributed by atoms with van der Waals surface area (Å²) in [6.45, 7) is 2.00. The fraction of sp³-hybridized carbons (Fsp3) is 0.423. The number of amides is 2. The number of β-amino-alcohol motifs (C(OH)–C–C–N with tert-alkyl or cyclic N) is 1. The first-order valence-electron chi connectivity index (χ1n) is 12.4. The predicted molar refractivity (Wildman–Crippen MR) is 139 cm³/mol. The largest absolute Gasteiger partial charge is 0.490 e. The van der Waals surface area contributed by atoms with E-state index >= 15 is 0 Å². The highest BCUT2D eigenvalue weighted by molar-refractivity contribution is 6.30. The van der Waals surface area contributed by atoms with Gasteiger partial charge < -0.3 is 30.6 Å². The van der Waals surface area contributed by atoms with Crippen molar-refractivity contribution in [1.82, 2.24) is 15.5 Å². The number of hydrogen-bond donors (Lipinski definition) is 4. The molecular weight excluding hydrogens is 560 g/mol. The quantitative estimate of drug-likeness (QED) is 0.396. The van der Waals surface area contributed by atoms with Crippen molar-refractivity contribution in [3.8, 4) is 0 Å². The van der Waals surface area contributed by atoms with Crippen LogP contribution >= 0.6 is 11.6 Å². The molecule has 0 aromatic heterocycles. The topological polar surface area (TPSA) is 122 Å². The van der Waals surface area contributed by atoms with Gasteiger partial charge in [-0.05, 0) is 55.3 Å². The van der Waals surface area contributed by atoms with Crippen molar-refractivity contribution in [1.29, 1.82) is 0 Å². The molecule has 218 valence electrons. The molecule has 2 saturated heterocycles. The highest BCUT2D eigenvalue weighted by Crippen LogP contribution is 2.27. The monoisotopic (exact) mass is 588 g/mol. The van der Waals surface area contributed by atoms with E-state index in [0.717, 1.165) is 12.8 Å². The van der Waals surface area contributed by atoms with Gasteiger partial charge in [0.1, 0.15) is 5.82 Å². The predicted octanol–water partition coefficient (Wildman–Crippen LogP) is 2.92. The second-order valence-electron chi connectivity index (χ2n) is 9.36. The van der Waals surface area contributed by atoms with Crippen LogP contribution < -0.4 is 15.5 Å². The Morgan fingerprint density at radius 1 is 1.02 bits per heavy atom. The van der Waals surface area contributed by atoms with Gasteiger partial charge in [0, 0.05) is 49.9 Å².